The van der Waals surface area contributed by atoms with Crippen LogP contribution in [0.25, 0.3) is 0 Å². The zero-order valence-electron chi connectivity index (χ0n) is 15.0. The molecule has 9 heteroatoms. The van der Waals surface area contributed by atoms with Crippen LogP contribution in [0, 0.1) is 0 Å². The molecule has 2 fully saturated rings. The van der Waals surface area contributed by atoms with Gasteiger partial charge in [-0.25, -0.2) is 9.28 Å². The van der Waals surface area contributed by atoms with Gasteiger partial charge in [-0.15, -0.1) is 0 Å². The Morgan fingerprint density at radius 1 is 1.27 bits per heavy atom. The molecule has 1 N–H and O–H groups in total. The number of carbonyl (C=O) groups excluding carboxylic acids is 3. The van der Waals surface area contributed by atoms with E-state index in [2.05, 4.69) is 13.2 Å². The van der Waals surface area contributed by atoms with Crippen LogP contribution in [0.3, 0.4) is 0 Å². The van der Waals surface area contributed by atoms with Gasteiger partial charge in [0.2, 0.25) is 5.91 Å². The third kappa shape index (κ3) is 4.05. The molecular formula is C17H26N3O6+. The van der Waals surface area contributed by atoms with E-state index in [4.69, 9.17) is 9.47 Å². The minimum absolute atomic E-state index is 0.0619. The minimum Gasteiger partial charge on any atom is -0.445 e. The molecule has 0 aliphatic carbocycles. The van der Waals surface area contributed by atoms with E-state index in [-0.39, 0.29) is 56.2 Å². The molecule has 1 unspecified atom stereocenters. The average Bonchev–Trinajstić information content (AvgIpc) is 2.92. The molecule has 0 aromatic heterocycles. The number of likely N-dealkylation sites (N-methyl/N-ethyl adjacent to an activating group) is 1. The lowest BCUT2D eigenvalue weighted by atomic mass is 10.2. The molecule has 2 rings (SSSR count). The van der Waals surface area contributed by atoms with Crippen LogP contribution in [-0.2, 0) is 14.3 Å². The summed E-state index contributed by atoms with van der Waals surface area (Å²) in [5, 5.41) is 10.1. The highest BCUT2D eigenvalue weighted by Gasteiger charge is 2.54. The van der Waals surface area contributed by atoms with Crippen LogP contribution < -0.4 is 0 Å². The normalized spacial score (nSPS) is 28.6. The first kappa shape index (κ1) is 19.9. The summed E-state index contributed by atoms with van der Waals surface area (Å²) in [5.41, 5.74) is 0. The molecule has 0 radical (unpaired) electrons. The Hall–Kier alpha value is -2.39. The van der Waals surface area contributed by atoms with Gasteiger partial charge in [-0.05, 0) is 0 Å². The molecular weight excluding hydrogens is 342 g/mol. The highest BCUT2D eigenvalue weighted by atomic mass is 16.6. The Morgan fingerprint density at radius 2 is 1.92 bits per heavy atom. The van der Waals surface area contributed by atoms with Crippen LogP contribution in [0.5, 0.6) is 0 Å². The van der Waals surface area contributed by atoms with Crippen LogP contribution in [-0.4, -0.2) is 96.2 Å². The first-order chi connectivity index (χ1) is 12.3. The van der Waals surface area contributed by atoms with E-state index in [1.165, 1.54) is 17.1 Å². The van der Waals surface area contributed by atoms with E-state index in [1.54, 1.807) is 11.9 Å². The van der Waals surface area contributed by atoms with Gasteiger partial charge in [0, 0.05) is 13.1 Å². The van der Waals surface area contributed by atoms with Crippen molar-refractivity contribution in [3.05, 3.63) is 25.3 Å². The summed E-state index contributed by atoms with van der Waals surface area (Å²) < 4.78 is 9.89. The van der Waals surface area contributed by atoms with Gasteiger partial charge < -0.3 is 14.6 Å². The molecule has 2 aliphatic rings. The molecule has 2 saturated heterocycles. The Bertz CT molecular complexity index is 595. The van der Waals surface area contributed by atoms with Crippen LogP contribution in [0.4, 0.5) is 9.59 Å². The standard InChI is InChI=1S/C17H26N3O6/c1-4-8-25-16(23)18-6-7-19(15(22)11-18)14-10-13(21)12-20(14,3)17(24)26-9-5-2/h4-5,13-14,21H,1-2,6-12H2,3H3/q+1/t13-,14+,20?/m1/s1. The largest absolute Gasteiger partial charge is 0.517 e. The Morgan fingerprint density at radius 3 is 2.54 bits per heavy atom. The molecule has 144 valence electrons. The number of aliphatic hydroxyl groups excluding tert-OH is 1. The SMILES string of the molecule is C=CCOC(=O)N1CCN([C@@H]2C[C@@H](O)C[N+]2(C)C(=O)OCC=C)C(=O)C1. The Labute approximate surface area is 152 Å². The number of aliphatic hydroxyl groups is 1. The predicted octanol–water partition coefficient (Wildman–Crippen LogP) is 0.313. The quantitative estimate of drug-likeness (QED) is 0.554. The molecule has 26 heavy (non-hydrogen) atoms. The van der Waals surface area contributed by atoms with Crippen molar-refractivity contribution >= 4 is 18.1 Å². The summed E-state index contributed by atoms with van der Waals surface area (Å²) in [6.07, 6.45) is 0.828. The van der Waals surface area contributed by atoms with Crippen molar-refractivity contribution in [2.24, 2.45) is 0 Å². The number of carbonyl (C=O) groups is 3. The van der Waals surface area contributed by atoms with E-state index in [9.17, 15) is 19.5 Å². The Kier molecular flexibility index (Phi) is 6.38. The maximum atomic E-state index is 12.6. The maximum absolute atomic E-state index is 12.6. The van der Waals surface area contributed by atoms with Gasteiger partial charge in [0.25, 0.3) is 0 Å². The number of likely N-dealkylation sites (tertiary alicyclic amines) is 1. The summed E-state index contributed by atoms with van der Waals surface area (Å²) in [4.78, 5) is 39.8. The molecule has 0 saturated carbocycles. The number of quaternary nitrogens is 1. The monoisotopic (exact) mass is 368 g/mol. The van der Waals surface area contributed by atoms with E-state index in [0.717, 1.165) is 0 Å². The lowest BCUT2D eigenvalue weighted by molar-refractivity contribution is -0.862. The molecule has 9 nitrogen and oxygen atoms in total. The second kappa shape index (κ2) is 8.33. The van der Waals surface area contributed by atoms with Crippen molar-refractivity contribution in [2.45, 2.75) is 18.7 Å². The predicted molar refractivity (Wildman–Crippen MR) is 91.8 cm³/mol. The third-order valence-electron chi connectivity index (χ3n) is 4.67. The lowest BCUT2D eigenvalue weighted by Crippen LogP contribution is -2.65. The van der Waals surface area contributed by atoms with Crippen LogP contribution >= 0.6 is 0 Å². The highest BCUT2D eigenvalue weighted by molar-refractivity contribution is 5.84. The number of nitrogens with zero attached hydrogens (tertiary/aromatic N) is 3. The van der Waals surface area contributed by atoms with Crippen LogP contribution in [0.1, 0.15) is 6.42 Å². The smallest absolute Gasteiger partial charge is 0.445 e. The zero-order valence-corrected chi connectivity index (χ0v) is 15.0. The van der Waals surface area contributed by atoms with Gasteiger partial charge in [-0.2, -0.15) is 4.79 Å². The van der Waals surface area contributed by atoms with Gasteiger partial charge in [0.15, 0.2) is 6.17 Å². The summed E-state index contributed by atoms with van der Waals surface area (Å²) >= 11 is 0. The second-order valence-corrected chi connectivity index (χ2v) is 6.56. The van der Waals surface area contributed by atoms with E-state index < -0.39 is 24.5 Å². The van der Waals surface area contributed by atoms with Crippen molar-refractivity contribution in [3.63, 3.8) is 0 Å². The van der Waals surface area contributed by atoms with E-state index >= 15 is 0 Å². The third-order valence-corrected chi connectivity index (χ3v) is 4.67. The molecule has 0 bridgehead atoms. The zero-order chi connectivity index (χ0) is 19.3. The minimum atomic E-state index is -0.718. The number of amides is 3. The fourth-order valence-electron chi connectivity index (χ4n) is 3.40. The lowest BCUT2D eigenvalue weighted by Gasteiger charge is -2.41. The number of hydrogen-bond donors (Lipinski definition) is 1. The Balaban J connectivity index is 2.08. The van der Waals surface area contributed by atoms with Crippen molar-refractivity contribution in [3.8, 4) is 0 Å². The van der Waals surface area contributed by atoms with Crippen LogP contribution in [0.15, 0.2) is 25.3 Å². The molecule has 2 heterocycles. The molecule has 0 spiro atoms. The summed E-state index contributed by atoms with van der Waals surface area (Å²) in [7, 11) is 1.64. The van der Waals surface area contributed by atoms with Gasteiger partial charge in [-0.3, -0.25) is 14.6 Å². The van der Waals surface area contributed by atoms with Gasteiger partial charge in [0.05, 0.1) is 13.5 Å². The van der Waals surface area contributed by atoms with Crippen molar-refractivity contribution in [2.75, 3.05) is 46.4 Å². The first-order valence-corrected chi connectivity index (χ1v) is 8.47. The molecule has 0 aromatic carbocycles. The maximum Gasteiger partial charge on any atom is 0.517 e. The summed E-state index contributed by atoms with van der Waals surface area (Å²) in [5.74, 6) is -0.299. The molecule has 2 aliphatic heterocycles. The molecule has 3 amide bonds. The van der Waals surface area contributed by atoms with E-state index in [1.807, 2.05) is 0 Å². The highest BCUT2D eigenvalue weighted by Crippen LogP contribution is 2.30. The van der Waals surface area contributed by atoms with Gasteiger partial charge in [0.1, 0.15) is 32.4 Å². The topological polar surface area (TPSA) is 96.4 Å². The van der Waals surface area contributed by atoms with Gasteiger partial charge in [-0.1, -0.05) is 25.3 Å². The summed E-state index contributed by atoms with van der Waals surface area (Å²) in [6, 6.07) is 0. The van der Waals surface area contributed by atoms with Crippen molar-refractivity contribution in [1.29, 1.82) is 0 Å². The summed E-state index contributed by atoms with van der Waals surface area (Å²) in [6.45, 7) is 7.69. The molecule has 3 atom stereocenters. The fraction of sp³-hybridized carbons (Fsp3) is 0.588. The number of ether oxygens (including phenoxy) is 2. The van der Waals surface area contributed by atoms with Crippen LogP contribution in [0.2, 0.25) is 0 Å². The van der Waals surface area contributed by atoms with E-state index in [0.29, 0.717) is 0 Å². The van der Waals surface area contributed by atoms with Gasteiger partial charge >= 0.3 is 12.2 Å². The number of rotatable bonds is 5. The fourth-order valence-corrected chi connectivity index (χ4v) is 3.40. The first-order valence-electron chi connectivity index (χ1n) is 8.47. The van der Waals surface area contributed by atoms with Crippen molar-refractivity contribution in [1.82, 2.24) is 9.80 Å². The second-order valence-electron chi connectivity index (χ2n) is 6.56. The number of hydrogen-bond acceptors (Lipinski definition) is 6. The average molecular weight is 368 g/mol. The number of piperazine rings is 1. The van der Waals surface area contributed by atoms with Crippen molar-refractivity contribution < 1.29 is 33.4 Å². The molecule has 0 aromatic rings.